The van der Waals surface area contributed by atoms with Crippen LogP contribution in [0.25, 0.3) is 11.4 Å². The Labute approximate surface area is 155 Å². The maximum atomic E-state index is 13.0. The first-order valence-electron chi connectivity index (χ1n) is 8.87. The van der Waals surface area contributed by atoms with Crippen LogP contribution in [0.1, 0.15) is 35.9 Å². The number of rotatable bonds is 4. The van der Waals surface area contributed by atoms with Crippen LogP contribution in [-0.2, 0) is 11.2 Å². The first-order chi connectivity index (χ1) is 13.1. The Hall–Kier alpha value is -3.03. The van der Waals surface area contributed by atoms with Crippen molar-refractivity contribution in [2.24, 2.45) is 0 Å². The lowest BCUT2D eigenvalue weighted by Crippen LogP contribution is -2.38. The molecule has 3 aromatic rings. The second kappa shape index (κ2) is 7.30. The van der Waals surface area contributed by atoms with Gasteiger partial charge in [-0.05, 0) is 44.0 Å². The van der Waals surface area contributed by atoms with Gasteiger partial charge in [0.05, 0.1) is 12.1 Å². The number of piperidine rings is 1. The number of carbonyl (C=O) groups excluding carboxylic acids is 1. The minimum atomic E-state index is -0.305. The molecule has 1 aromatic carbocycles. The zero-order valence-corrected chi connectivity index (χ0v) is 14.9. The first kappa shape index (κ1) is 17.4. The van der Waals surface area contributed by atoms with Crippen LogP contribution in [0.5, 0.6) is 0 Å². The fourth-order valence-electron chi connectivity index (χ4n) is 3.25. The Kier molecular flexibility index (Phi) is 4.70. The lowest BCUT2D eigenvalue weighted by Gasteiger charge is -2.30. The Morgan fingerprint density at radius 1 is 1.22 bits per heavy atom. The van der Waals surface area contributed by atoms with Gasteiger partial charge in [0.1, 0.15) is 12.1 Å². The third-order valence-corrected chi connectivity index (χ3v) is 4.93. The fourth-order valence-corrected chi connectivity index (χ4v) is 3.25. The molecule has 27 heavy (non-hydrogen) atoms. The van der Waals surface area contributed by atoms with E-state index in [1.165, 1.54) is 18.4 Å². The van der Waals surface area contributed by atoms with Crippen molar-refractivity contribution >= 4 is 5.91 Å². The molecule has 0 spiro atoms. The van der Waals surface area contributed by atoms with E-state index >= 15 is 0 Å². The normalized spacial score (nSPS) is 15.3. The van der Waals surface area contributed by atoms with Crippen molar-refractivity contribution < 1.29 is 18.2 Å². The Balaban J connectivity index is 1.36. The molecule has 2 aromatic heterocycles. The van der Waals surface area contributed by atoms with Gasteiger partial charge in [-0.3, -0.25) is 4.79 Å². The van der Waals surface area contributed by atoms with Crippen molar-refractivity contribution in [3.8, 4) is 11.4 Å². The van der Waals surface area contributed by atoms with Gasteiger partial charge in [0.25, 0.3) is 0 Å². The minimum absolute atomic E-state index is 0.0669. The van der Waals surface area contributed by atoms with E-state index in [1.54, 1.807) is 12.1 Å². The summed E-state index contributed by atoms with van der Waals surface area (Å²) in [6.07, 6.45) is 3.35. The number of hydrogen-bond acceptors (Lipinski definition) is 6. The summed E-state index contributed by atoms with van der Waals surface area (Å²) < 4.78 is 23.3. The summed E-state index contributed by atoms with van der Waals surface area (Å²) in [5.74, 6) is 0.897. The number of likely N-dealkylation sites (tertiary alicyclic amines) is 1. The molecule has 0 saturated carbocycles. The summed E-state index contributed by atoms with van der Waals surface area (Å²) in [5.41, 5.74) is 2.28. The molecule has 0 unspecified atom stereocenters. The van der Waals surface area contributed by atoms with Gasteiger partial charge in [0.2, 0.25) is 17.6 Å². The highest BCUT2D eigenvalue weighted by Crippen LogP contribution is 2.29. The fraction of sp³-hybridized carbons (Fsp3) is 0.368. The zero-order valence-electron chi connectivity index (χ0n) is 14.9. The third kappa shape index (κ3) is 3.74. The van der Waals surface area contributed by atoms with E-state index in [0.717, 1.165) is 24.1 Å². The van der Waals surface area contributed by atoms with E-state index in [0.29, 0.717) is 36.8 Å². The molecule has 0 bridgehead atoms. The topological polar surface area (TPSA) is 85.3 Å². The van der Waals surface area contributed by atoms with Crippen molar-refractivity contribution in [1.82, 2.24) is 20.2 Å². The summed E-state index contributed by atoms with van der Waals surface area (Å²) in [5, 5.41) is 7.80. The minimum Gasteiger partial charge on any atom is -0.364 e. The molecule has 1 aliphatic heterocycles. The van der Waals surface area contributed by atoms with Crippen LogP contribution in [0.15, 0.2) is 39.6 Å². The molecule has 1 amide bonds. The van der Waals surface area contributed by atoms with E-state index in [4.69, 9.17) is 9.05 Å². The number of benzene rings is 1. The summed E-state index contributed by atoms with van der Waals surface area (Å²) in [7, 11) is 0. The van der Waals surface area contributed by atoms with Gasteiger partial charge in [-0.2, -0.15) is 4.98 Å². The second-order valence-corrected chi connectivity index (χ2v) is 6.72. The van der Waals surface area contributed by atoms with Crippen molar-refractivity contribution in [1.29, 1.82) is 0 Å². The van der Waals surface area contributed by atoms with E-state index in [-0.39, 0.29) is 17.6 Å². The lowest BCUT2D eigenvalue weighted by atomic mass is 9.96. The molecular formula is C19H19FN4O3. The predicted molar refractivity (Wildman–Crippen MR) is 93.2 cm³/mol. The molecule has 7 nitrogen and oxygen atoms in total. The highest BCUT2D eigenvalue weighted by Gasteiger charge is 2.28. The van der Waals surface area contributed by atoms with Gasteiger partial charge in [0.15, 0.2) is 0 Å². The number of carbonyl (C=O) groups is 1. The van der Waals surface area contributed by atoms with E-state index < -0.39 is 0 Å². The summed E-state index contributed by atoms with van der Waals surface area (Å²) in [4.78, 5) is 18.8. The number of halogens is 1. The molecule has 0 N–H and O–H groups in total. The maximum absolute atomic E-state index is 13.0. The predicted octanol–water partition coefficient (Wildman–Crippen LogP) is 3.12. The zero-order chi connectivity index (χ0) is 18.8. The maximum Gasteiger partial charge on any atom is 0.230 e. The van der Waals surface area contributed by atoms with Crippen LogP contribution in [0.4, 0.5) is 4.39 Å². The SMILES string of the molecule is Cc1nocc1CC(=O)N1CCC(c2nc(-c3ccc(F)cc3)no2)CC1. The average molecular weight is 370 g/mol. The van der Waals surface area contributed by atoms with Crippen LogP contribution in [0.2, 0.25) is 0 Å². The summed E-state index contributed by atoms with van der Waals surface area (Å²) in [6, 6.07) is 5.98. The van der Waals surface area contributed by atoms with Crippen LogP contribution in [0, 0.1) is 12.7 Å². The number of aromatic nitrogens is 3. The Bertz CT molecular complexity index is 927. The molecule has 140 valence electrons. The molecule has 3 heterocycles. The number of aryl methyl sites for hydroxylation is 1. The molecular weight excluding hydrogens is 351 g/mol. The highest BCUT2D eigenvalue weighted by atomic mass is 19.1. The summed E-state index contributed by atoms with van der Waals surface area (Å²) in [6.45, 7) is 3.11. The van der Waals surface area contributed by atoms with Gasteiger partial charge < -0.3 is 13.9 Å². The van der Waals surface area contributed by atoms with Crippen LogP contribution >= 0.6 is 0 Å². The Morgan fingerprint density at radius 2 is 1.96 bits per heavy atom. The molecule has 0 aliphatic carbocycles. The summed E-state index contributed by atoms with van der Waals surface area (Å²) >= 11 is 0. The van der Waals surface area contributed by atoms with Gasteiger partial charge in [-0.25, -0.2) is 4.39 Å². The van der Waals surface area contributed by atoms with Gasteiger partial charge >= 0.3 is 0 Å². The standard InChI is InChI=1S/C19H19FN4O3/c1-12-15(11-26-22-12)10-17(25)24-8-6-14(7-9-24)19-21-18(23-27-19)13-2-4-16(20)5-3-13/h2-5,11,14H,6-10H2,1H3. The van der Waals surface area contributed by atoms with Crippen LogP contribution < -0.4 is 0 Å². The molecule has 1 aliphatic rings. The third-order valence-electron chi connectivity index (χ3n) is 4.93. The molecule has 1 fully saturated rings. The van der Waals surface area contributed by atoms with Gasteiger partial charge in [-0.1, -0.05) is 10.3 Å². The first-order valence-corrected chi connectivity index (χ1v) is 8.87. The van der Waals surface area contributed by atoms with Crippen molar-refractivity contribution in [2.75, 3.05) is 13.1 Å². The van der Waals surface area contributed by atoms with Crippen molar-refractivity contribution in [2.45, 2.75) is 32.1 Å². The number of amides is 1. The smallest absolute Gasteiger partial charge is 0.230 e. The molecule has 4 rings (SSSR count). The lowest BCUT2D eigenvalue weighted by molar-refractivity contribution is -0.131. The number of nitrogens with zero attached hydrogens (tertiary/aromatic N) is 4. The van der Waals surface area contributed by atoms with E-state index in [2.05, 4.69) is 15.3 Å². The van der Waals surface area contributed by atoms with Crippen LogP contribution in [-0.4, -0.2) is 39.2 Å². The molecule has 8 heteroatoms. The van der Waals surface area contributed by atoms with Crippen LogP contribution in [0.3, 0.4) is 0 Å². The molecule has 0 radical (unpaired) electrons. The molecule has 0 atom stereocenters. The van der Waals surface area contributed by atoms with Crippen molar-refractivity contribution in [3.05, 3.63) is 53.5 Å². The quantitative estimate of drug-likeness (QED) is 0.701. The second-order valence-electron chi connectivity index (χ2n) is 6.72. The Morgan fingerprint density at radius 3 is 2.63 bits per heavy atom. The largest absolute Gasteiger partial charge is 0.364 e. The van der Waals surface area contributed by atoms with E-state index in [9.17, 15) is 9.18 Å². The van der Waals surface area contributed by atoms with Gasteiger partial charge in [-0.15, -0.1) is 0 Å². The van der Waals surface area contributed by atoms with Gasteiger partial charge in [0, 0.05) is 30.1 Å². The van der Waals surface area contributed by atoms with Crippen molar-refractivity contribution in [3.63, 3.8) is 0 Å². The average Bonchev–Trinajstić information content (AvgIpc) is 3.32. The number of hydrogen-bond donors (Lipinski definition) is 0. The van der Waals surface area contributed by atoms with E-state index in [1.807, 2.05) is 11.8 Å². The monoisotopic (exact) mass is 370 g/mol. The molecule has 1 saturated heterocycles. The highest BCUT2D eigenvalue weighted by molar-refractivity contribution is 5.79.